The zero-order valence-electron chi connectivity index (χ0n) is 17.3. The van der Waals surface area contributed by atoms with Gasteiger partial charge in [0.15, 0.2) is 11.6 Å². The molecule has 33 heavy (non-hydrogen) atoms. The summed E-state index contributed by atoms with van der Waals surface area (Å²) in [6.45, 7) is 1.22. The summed E-state index contributed by atoms with van der Waals surface area (Å²) in [6, 6.07) is 9.50. The fourth-order valence-corrected chi connectivity index (χ4v) is 4.81. The predicted octanol–water partition coefficient (Wildman–Crippen LogP) is 2.27. The smallest absolute Gasteiger partial charge is 0.305 e. The van der Waals surface area contributed by atoms with E-state index in [2.05, 4.69) is 20.1 Å². The fourth-order valence-electron chi connectivity index (χ4n) is 2.96. The van der Waals surface area contributed by atoms with Crippen LogP contribution in [0.1, 0.15) is 23.4 Å². The molecule has 0 radical (unpaired) electrons. The number of hydrogen-bond donors (Lipinski definition) is 2. The number of halogens is 2. The number of Topliss-reactive ketones (excluding diaryl/α,β-unsaturated/α-hetero) is 1. The van der Waals surface area contributed by atoms with Crippen molar-refractivity contribution in [1.29, 1.82) is 0 Å². The Morgan fingerprint density at radius 3 is 2.45 bits per heavy atom. The van der Waals surface area contributed by atoms with E-state index in [0.717, 1.165) is 4.80 Å². The van der Waals surface area contributed by atoms with Crippen LogP contribution in [0.4, 0.5) is 0 Å². The summed E-state index contributed by atoms with van der Waals surface area (Å²) < 4.78 is 27.5. The highest BCUT2D eigenvalue weighted by Crippen LogP contribution is 2.25. The minimum absolute atomic E-state index is 0.0801. The van der Waals surface area contributed by atoms with Gasteiger partial charge in [-0.3, -0.25) is 9.59 Å². The van der Waals surface area contributed by atoms with E-state index in [1.807, 2.05) is 0 Å². The second-order valence-corrected chi connectivity index (χ2v) is 9.70. The molecule has 0 aliphatic rings. The monoisotopic (exact) mass is 511 g/mol. The molecule has 0 aliphatic heterocycles. The summed E-state index contributed by atoms with van der Waals surface area (Å²) in [5.41, 5.74) is 1.28. The zero-order chi connectivity index (χ0) is 24.2. The second-order valence-electron chi connectivity index (χ2n) is 7.17. The standard InChI is InChI=1S/C20H19Cl2N5O5S/c1-12-4-2-5-13(8-12)33(31,32)25-17(10-20(29)30)18(28)11-27-24-19(23-26-27)9-14-15(21)6-3-7-16(14)22/h2-8,17,25H,9-11H2,1H3,(H,29,30). The van der Waals surface area contributed by atoms with Crippen LogP contribution >= 0.6 is 23.2 Å². The van der Waals surface area contributed by atoms with Gasteiger partial charge in [-0.1, -0.05) is 41.4 Å². The predicted molar refractivity (Wildman–Crippen MR) is 120 cm³/mol. The number of nitrogens with zero attached hydrogens (tertiary/aromatic N) is 4. The summed E-state index contributed by atoms with van der Waals surface area (Å²) in [5, 5.41) is 21.7. The molecule has 0 saturated carbocycles. The van der Waals surface area contributed by atoms with Gasteiger partial charge >= 0.3 is 5.97 Å². The molecule has 0 aliphatic carbocycles. The van der Waals surface area contributed by atoms with E-state index in [4.69, 9.17) is 28.3 Å². The van der Waals surface area contributed by atoms with Gasteiger partial charge in [0.2, 0.25) is 10.0 Å². The number of aromatic nitrogens is 4. The van der Waals surface area contributed by atoms with E-state index in [-0.39, 0.29) is 17.1 Å². The normalized spacial score (nSPS) is 12.5. The molecule has 0 saturated heterocycles. The SMILES string of the molecule is Cc1cccc(S(=O)(=O)NC(CC(=O)O)C(=O)Cn2nnc(Cc3c(Cl)cccc3Cl)n2)c1. The number of benzene rings is 2. The van der Waals surface area contributed by atoms with Gasteiger partial charge in [-0.15, -0.1) is 10.2 Å². The van der Waals surface area contributed by atoms with Crippen LogP contribution in [0.15, 0.2) is 47.4 Å². The quantitative estimate of drug-likeness (QED) is 0.421. The Morgan fingerprint density at radius 2 is 1.82 bits per heavy atom. The lowest BCUT2D eigenvalue weighted by Crippen LogP contribution is -2.43. The number of nitrogens with one attached hydrogen (secondary N) is 1. The number of aryl methyl sites for hydroxylation is 1. The lowest BCUT2D eigenvalue weighted by atomic mass is 10.1. The van der Waals surface area contributed by atoms with E-state index in [1.54, 1.807) is 37.3 Å². The number of sulfonamides is 1. The minimum atomic E-state index is -4.14. The second kappa shape index (κ2) is 10.4. The lowest BCUT2D eigenvalue weighted by Gasteiger charge is -2.16. The molecule has 0 amide bonds. The molecular weight excluding hydrogens is 493 g/mol. The van der Waals surface area contributed by atoms with E-state index < -0.39 is 40.8 Å². The number of aliphatic carboxylic acids is 1. The van der Waals surface area contributed by atoms with Gasteiger partial charge in [0, 0.05) is 16.5 Å². The van der Waals surface area contributed by atoms with E-state index >= 15 is 0 Å². The zero-order valence-corrected chi connectivity index (χ0v) is 19.6. The molecular formula is C20H19Cl2N5O5S. The number of carboxylic acid groups (broad SMARTS) is 1. The van der Waals surface area contributed by atoms with Gasteiger partial charge in [0.05, 0.1) is 17.4 Å². The highest BCUT2D eigenvalue weighted by atomic mass is 35.5. The number of carbonyl (C=O) groups excluding carboxylic acids is 1. The van der Waals surface area contributed by atoms with Gasteiger partial charge in [-0.25, -0.2) is 8.42 Å². The lowest BCUT2D eigenvalue weighted by molar-refractivity contribution is -0.139. The van der Waals surface area contributed by atoms with Crippen LogP contribution in [0.25, 0.3) is 0 Å². The summed E-state index contributed by atoms with van der Waals surface area (Å²) in [6.07, 6.45) is -0.591. The van der Waals surface area contributed by atoms with Crippen LogP contribution in [-0.4, -0.2) is 51.5 Å². The van der Waals surface area contributed by atoms with E-state index in [0.29, 0.717) is 21.2 Å². The van der Waals surface area contributed by atoms with Gasteiger partial charge < -0.3 is 5.11 Å². The molecule has 1 heterocycles. The number of ketones is 1. The first kappa shape index (κ1) is 24.8. The van der Waals surface area contributed by atoms with Crippen LogP contribution in [-0.2, 0) is 32.6 Å². The van der Waals surface area contributed by atoms with Crippen molar-refractivity contribution < 1.29 is 23.1 Å². The number of carboxylic acids is 1. The number of hydrogen-bond acceptors (Lipinski definition) is 7. The summed E-state index contributed by atoms with van der Waals surface area (Å²) >= 11 is 12.3. The van der Waals surface area contributed by atoms with Crippen LogP contribution in [0, 0.1) is 6.92 Å². The van der Waals surface area contributed by atoms with Crippen molar-refractivity contribution in [2.45, 2.75) is 37.2 Å². The molecule has 10 nitrogen and oxygen atoms in total. The van der Waals surface area contributed by atoms with Crippen molar-refractivity contribution in [3.05, 3.63) is 69.5 Å². The van der Waals surface area contributed by atoms with Crippen LogP contribution in [0.2, 0.25) is 10.0 Å². The van der Waals surface area contributed by atoms with Crippen LogP contribution in [0.3, 0.4) is 0 Å². The maximum atomic E-state index is 12.7. The van der Waals surface area contributed by atoms with Gasteiger partial charge in [0.25, 0.3) is 0 Å². The Hall–Kier alpha value is -2.86. The van der Waals surface area contributed by atoms with Crippen molar-refractivity contribution in [2.24, 2.45) is 0 Å². The minimum Gasteiger partial charge on any atom is -0.481 e. The van der Waals surface area contributed by atoms with E-state index in [1.165, 1.54) is 12.1 Å². The van der Waals surface area contributed by atoms with E-state index in [9.17, 15) is 18.0 Å². The van der Waals surface area contributed by atoms with Gasteiger partial charge in [0.1, 0.15) is 6.54 Å². The molecule has 0 bridgehead atoms. The first-order valence-electron chi connectivity index (χ1n) is 9.58. The van der Waals surface area contributed by atoms with Crippen molar-refractivity contribution in [3.8, 4) is 0 Å². The molecule has 0 spiro atoms. The highest BCUT2D eigenvalue weighted by Gasteiger charge is 2.28. The Morgan fingerprint density at radius 1 is 1.15 bits per heavy atom. The maximum Gasteiger partial charge on any atom is 0.305 e. The highest BCUT2D eigenvalue weighted by molar-refractivity contribution is 7.89. The Balaban J connectivity index is 1.75. The average Bonchev–Trinajstić information content (AvgIpc) is 3.17. The Labute approximate surface area is 199 Å². The first-order chi connectivity index (χ1) is 15.5. The number of rotatable bonds is 10. The molecule has 1 atom stereocenters. The van der Waals surface area contributed by atoms with Crippen molar-refractivity contribution in [3.63, 3.8) is 0 Å². The van der Waals surface area contributed by atoms with Crippen LogP contribution < -0.4 is 4.72 Å². The fraction of sp³-hybridized carbons (Fsp3) is 0.250. The third-order valence-corrected chi connectivity index (χ3v) is 6.73. The molecule has 174 valence electrons. The topological polar surface area (TPSA) is 144 Å². The Bertz CT molecular complexity index is 1280. The first-order valence-corrected chi connectivity index (χ1v) is 11.8. The summed E-state index contributed by atoms with van der Waals surface area (Å²) in [7, 11) is -4.14. The third-order valence-electron chi connectivity index (χ3n) is 4.55. The average molecular weight is 512 g/mol. The number of carbonyl (C=O) groups is 2. The van der Waals surface area contributed by atoms with Crippen molar-refractivity contribution >= 4 is 45.0 Å². The van der Waals surface area contributed by atoms with Crippen molar-refractivity contribution in [1.82, 2.24) is 24.9 Å². The number of tetrazole rings is 1. The molecule has 2 N–H and O–H groups in total. The van der Waals surface area contributed by atoms with Crippen molar-refractivity contribution in [2.75, 3.05) is 0 Å². The van der Waals surface area contributed by atoms with Gasteiger partial charge in [-0.05, 0) is 47.5 Å². The molecule has 2 aromatic carbocycles. The molecule has 3 aromatic rings. The molecule has 1 aromatic heterocycles. The van der Waals surface area contributed by atoms with Gasteiger partial charge in [-0.2, -0.15) is 9.52 Å². The summed E-state index contributed by atoms with van der Waals surface area (Å²) in [5.74, 6) is -1.86. The molecule has 3 rings (SSSR count). The van der Waals surface area contributed by atoms with Crippen LogP contribution in [0.5, 0.6) is 0 Å². The summed E-state index contributed by atoms with van der Waals surface area (Å²) in [4.78, 5) is 24.9. The third kappa shape index (κ3) is 6.57. The maximum absolute atomic E-state index is 12.7. The molecule has 13 heteroatoms. The molecule has 0 fully saturated rings. The molecule has 1 unspecified atom stereocenters. The Kier molecular flexibility index (Phi) is 7.80. The largest absolute Gasteiger partial charge is 0.481 e.